The zero-order valence-corrected chi connectivity index (χ0v) is 15.7. The molecule has 138 valence electrons. The summed E-state index contributed by atoms with van der Waals surface area (Å²) in [5, 5.41) is 2.69. The summed E-state index contributed by atoms with van der Waals surface area (Å²) in [7, 11) is 0. The molecule has 0 radical (unpaired) electrons. The van der Waals surface area contributed by atoms with Gasteiger partial charge in [0.25, 0.3) is 5.91 Å². The van der Waals surface area contributed by atoms with Gasteiger partial charge in [-0.3, -0.25) is 4.79 Å². The molecule has 0 aliphatic rings. The number of benzene rings is 2. The minimum atomic E-state index is -0.510. The highest BCUT2D eigenvalue weighted by Gasteiger charge is 2.19. The number of carbonyl (C=O) groups is 2. The number of hydrogen-bond acceptors (Lipinski definition) is 3. The first-order valence-corrected chi connectivity index (χ1v) is 8.73. The maximum atomic E-state index is 12.5. The van der Waals surface area contributed by atoms with Crippen molar-refractivity contribution in [3.63, 3.8) is 0 Å². The number of ether oxygens (including phenoxy) is 1. The van der Waals surface area contributed by atoms with Crippen molar-refractivity contribution >= 4 is 17.6 Å². The van der Waals surface area contributed by atoms with Crippen LogP contribution in [0.15, 0.2) is 60.7 Å². The van der Waals surface area contributed by atoms with Gasteiger partial charge < -0.3 is 14.6 Å². The van der Waals surface area contributed by atoms with Gasteiger partial charge in [-0.2, -0.15) is 0 Å². The van der Waals surface area contributed by atoms with Gasteiger partial charge in [0.05, 0.1) is 5.56 Å². The van der Waals surface area contributed by atoms with Gasteiger partial charge in [-0.1, -0.05) is 35.9 Å². The van der Waals surface area contributed by atoms with Gasteiger partial charge in [-0.05, 0) is 51.1 Å². The van der Waals surface area contributed by atoms with E-state index in [4.69, 9.17) is 4.74 Å². The Kier molecular flexibility index (Phi) is 5.41. The van der Waals surface area contributed by atoms with Gasteiger partial charge in [0.2, 0.25) is 0 Å². The quantitative estimate of drug-likeness (QED) is 0.692. The Balaban J connectivity index is 1.69. The Morgan fingerprint density at radius 2 is 1.63 bits per heavy atom. The minimum absolute atomic E-state index is 0.331. The van der Waals surface area contributed by atoms with Crippen LogP contribution >= 0.6 is 0 Å². The van der Waals surface area contributed by atoms with Crippen molar-refractivity contribution < 1.29 is 14.3 Å². The second-order valence-corrected chi connectivity index (χ2v) is 6.45. The molecule has 1 aromatic heterocycles. The van der Waals surface area contributed by atoms with Crippen molar-refractivity contribution in [2.75, 3.05) is 11.9 Å². The lowest BCUT2D eigenvalue weighted by Crippen LogP contribution is -2.21. The number of para-hydroxylation sites is 1. The molecule has 0 bridgehead atoms. The Bertz CT molecular complexity index is 957. The highest BCUT2D eigenvalue weighted by molar-refractivity contribution is 5.96. The molecule has 2 aromatic carbocycles. The molecule has 3 rings (SSSR count). The lowest BCUT2D eigenvalue weighted by Gasteiger charge is -2.10. The molecule has 5 heteroatoms. The monoisotopic (exact) mass is 362 g/mol. The van der Waals surface area contributed by atoms with E-state index < -0.39 is 5.97 Å². The summed E-state index contributed by atoms with van der Waals surface area (Å²) in [5.41, 5.74) is 4.99. The third-order valence-corrected chi connectivity index (χ3v) is 4.34. The number of aromatic nitrogens is 1. The molecule has 5 nitrogen and oxygen atoms in total. The summed E-state index contributed by atoms with van der Waals surface area (Å²) < 4.78 is 7.20. The van der Waals surface area contributed by atoms with Crippen LogP contribution in [0.2, 0.25) is 0 Å². The van der Waals surface area contributed by atoms with Crippen LogP contribution in [0.1, 0.15) is 27.3 Å². The summed E-state index contributed by atoms with van der Waals surface area (Å²) in [6.07, 6.45) is 0. The Hall–Kier alpha value is -3.34. The molecule has 0 saturated carbocycles. The van der Waals surface area contributed by atoms with Crippen molar-refractivity contribution in [2.24, 2.45) is 0 Å². The molecule has 3 aromatic rings. The summed E-state index contributed by atoms with van der Waals surface area (Å²) in [5.74, 6) is -0.883. The van der Waals surface area contributed by atoms with E-state index in [9.17, 15) is 9.59 Å². The number of esters is 1. The van der Waals surface area contributed by atoms with E-state index in [1.807, 2.05) is 67.8 Å². The van der Waals surface area contributed by atoms with Gasteiger partial charge in [0.1, 0.15) is 0 Å². The van der Waals surface area contributed by atoms with E-state index in [1.54, 1.807) is 18.2 Å². The van der Waals surface area contributed by atoms with Gasteiger partial charge in [-0.25, -0.2) is 4.79 Å². The highest BCUT2D eigenvalue weighted by atomic mass is 16.5. The van der Waals surface area contributed by atoms with E-state index in [0.29, 0.717) is 11.3 Å². The topological polar surface area (TPSA) is 60.3 Å². The van der Waals surface area contributed by atoms with Gasteiger partial charge in [0.15, 0.2) is 6.61 Å². The van der Waals surface area contributed by atoms with Crippen LogP contribution in [0, 0.1) is 20.8 Å². The van der Waals surface area contributed by atoms with Crippen molar-refractivity contribution in [1.29, 1.82) is 0 Å². The van der Waals surface area contributed by atoms with E-state index >= 15 is 0 Å². The van der Waals surface area contributed by atoms with Crippen molar-refractivity contribution in [2.45, 2.75) is 20.8 Å². The predicted molar refractivity (Wildman–Crippen MR) is 105 cm³/mol. The largest absolute Gasteiger partial charge is 0.452 e. The lowest BCUT2D eigenvalue weighted by molar-refractivity contribution is -0.119. The first kappa shape index (κ1) is 18.5. The smallest absolute Gasteiger partial charge is 0.340 e. The maximum absolute atomic E-state index is 12.5. The fourth-order valence-corrected chi connectivity index (χ4v) is 2.99. The molecule has 0 aliphatic heterocycles. The SMILES string of the molecule is Cc1ccc(-n2c(C)cc(C(=O)OCC(=O)Nc3ccccc3)c2C)cc1. The number of anilines is 1. The van der Waals surface area contributed by atoms with Crippen LogP contribution in [0.3, 0.4) is 0 Å². The van der Waals surface area contributed by atoms with Gasteiger partial charge >= 0.3 is 5.97 Å². The molecule has 27 heavy (non-hydrogen) atoms. The Labute approximate surface area is 158 Å². The van der Waals surface area contributed by atoms with E-state index in [0.717, 1.165) is 17.1 Å². The number of nitrogens with zero attached hydrogens (tertiary/aromatic N) is 1. The van der Waals surface area contributed by atoms with Crippen LogP contribution in [0.4, 0.5) is 5.69 Å². The molecule has 0 aliphatic carbocycles. The van der Waals surface area contributed by atoms with Crippen LogP contribution in [0.5, 0.6) is 0 Å². The third kappa shape index (κ3) is 4.26. The summed E-state index contributed by atoms with van der Waals surface area (Å²) in [6, 6.07) is 18.9. The molecular formula is C22H22N2O3. The standard InChI is InChI=1S/C22H22N2O3/c1-15-9-11-19(12-10-15)24-16(2)13-20(17(24)3)22(26)27-14-21(25)23-18-7-5-4-6-8-18/h4-13H,14H2,1-3H3,(H,23,25). The lowest BCUT2D eigenvalue weighted by atomic mass is 10.2. The van der Waals surface area contributed by atoms with Crippen molar-refractivity contribution in [3.05, 3.63) is 83.2 Å². The summed E-state index contributed by atoms with van der Waals surface area (Å²) in [6.45, 7) is 5.50. The average Bonchev–Trinajstić information content (AvgIpc) is 2.96. The Morgan fingerprint density at radius 1 is 0.963 bits per heavy atom. The molecule has 0 fully saturated rings. The van der Waals surface area contributed by atoms with Crippen molar-refractivity contribution in [3.8, 4) is 5.69 Å². The van der Waals surface area contributed by atoms with E-state index in [1.165, 1.54) is 5.56 Å². The molecule has 1 amide bonds. The molecular weight excluding hydrogens is 340 g/mol. The fourth-order valence-electron chi connectivity index (χ4n) is 2.99. The minimum Gasteiger partial charge on any atom is -0.452 e. The van der Waals surface area contributed by atoms with Crippen LogP contribution in [-0.4, -0.2) is 23.1 Å². The van der Waals surface area contributed by atoms with E-state index in [2.05, 4.69) is 5.32 Å². The normalized spacial score (nSPS) is 10.5. The number of rotatable bonds is 5. The molecule has 1 heterocycles. The average molecular weight is 362 g/mol. The van der Waals surface area contributed by atoms with Gasteiger partial charge in [-0.15, -0.1) is 0 Å². The first-order chi connectivity index (χ1) is 13.0. The van der Waals surface area contributed by atoms with E-state index in [-0.39, 0.29) is 12.5 Å². The number of amides is 1. The molecule has 0 spiro atoms. The summed E-state index contributed by atoms with van der Waals surface area (Å²) in [4.78, 5) is 24.4. The second kappa shape index (κ2) is 7.91. The second-order valence-electron chi connectivity index (χ2n) is 6.45. The zero-order valence-electron chi connectivity index (χ0n) is 15.7. The molecule has 0 unspecified atom stereocenters. The van der Waals surface area contributed by atoms with Crippen LogP contribution < -0.4 is 5.32 Å². The number of nitrogens with one attached hydrogen (secondary N) is 1. The maximum Gasteiger partial charge on any atom is 0.340 e. The fraction of sp³-hybridized carbons (Fsp3) is 0.182. The zero-order chi connectivity index (χ0) is 19.4. The predicted octanol–water partition coefficient (Wildman–Crippen LogP) is 4.20. The molecule has 1 N–H and O–H groups in total. The number of carbonyl (C=O) groups excluding carboxylic acids is 2. The van der Waals surface area contributed by atoms with Gasteiger partial charge in [0, 0.05) is 22.8 Å². The number of aryl methyl sites for hydroxylation is 2. The molecule has 0 saturated heterocycles. The summed E-state index contributed by atoms with van der Waals surface area (Å²) >= 11 is 0. The first-order valence-electron chi connectivity index (χ1n) is 8.73. The van der Waals surface area contributed by atoms with Crippen LogP contribution in [-0.2, 0) is 9.53 Å². The van der Waals surface area contributed by atoms with Crippen molar-refractivity contribution in [1.82, 2.24) is 4.57 Å². The van der Waals surface area contributed by atoms with Crippen LogP contribution in [0.25, 0.3) is 5.69 Å². The number of hydrogen-bond donors (Lipinski definition) is 1. The Morgan fingerprint density at radius 3 is 2.30 bits per heavy atom. The third-order valence-electron chi connectivity index (χ3n) is 4.34. The molecule has 0 atom stereocenters. The highest BCUT2D eigenvalue weighted by Crippen LogP contribution is 2.22.